The van der Waals surface area contributed by atoms with Crippen LogP contribution in [0.2, 0.25) is 0 Å². The van der Waals surface area contributed by atoms with Crippen LogP contribution in [0.5, 0.6) is 0 Å². The van der Waals surface area contributed by atoms with Gasteiger partial charge in [0.05, 0.1) is 12.6 Å². The molecule has 0 aromatic rings. The highest BCUT2D eigenvalue weighted by Gasteiger charge is 2.50. The molecule has 2 fully saturated rings. The van der Waals surface area contributed by atoms with Crippen molar-refractivity contribution in [2.75, 3.05) is 19.8 Å². The first kappa shape index (κ1) is 16.2. The highest BCUT2D eigenvalue weighted by atomic mass is 16.6. The highest BCUT2D eigenvalue weighted by Crippen LogP contribution is 2.30. The second-order valence-corrected chi connectivity index (χ2v) is 7.05. The van der Waals surface area contributed by atoms with E-state index in [9.17, 15) is 9.59 Å². The Morgan fingerprint density at radius 1 is 1.43 bits per heavy atom. The van der Waals surface area contributed by atoms with Crippen LogP contribution in [0.3, 0.4) is 0 Å². The normalized spacial score (nSPS) is 29.8. The van der Waals surface area contributed by atoms with Crippen molar-refractivity contribution in [3.05, 3.63) is 0 Å². The van der Waals surface area contributed by atoms with Gasteiger partial charge < -0.3 is 19.5 Å². The predicted octanol–water partition coefficient (Wildman–Crippen LogP) is 1.66. The van der Waals surface area contributed by atoms with Gasteiger partial charge in [0.1, 0.15) is 11.2 Å². The van der Waals surface area contributed by atoms with E-state index in [-0.39, 0.29) is 11.7 Å². The van der Waals surface area contributed by atoms with Crippen molar-refractivity contribution in [3.63, 3.8) is 0 Å². The third-order valence-electron chi connectivity index (χ3n) is 3.70. The Morgan fingerprint density at radius 2 is 2.10 bits per heavy atom. The van der Waals surface area contributed by atoms with Crippen molar-refractivity contribution in [3.8, 4) is 0 Å². The minimum Gasteiger partial charge on any atom is -0.444 e. The number of rotatable bonds is 5. The number of nitrogens with one attached hydrogen (secondary N) is 1. The fourth-order valence-electron chi connectivity index (χ4n) is 2.40. The summed E-state index contributed by atoms with van der Waals surface area (Å²) >= 11 is 0. The van der Waals surface area contributed by atoms with Crippen LogP contribution in [0, 0.1) is 5.92 Å². The molecule has 6 heteroatoms. The lowest BCUT2D eigenvalue weighted by molar-refractivity contribution is -0.126. The number of alkyl carbamates (subject to hydrolysis) is 1. The summed E-state index contributed by atoms with van der Waals surface area (Å²) in [4.78, 5) is 24.4. The van der Waals surface area contributed by atoms with Gasteiger partial charge in [-0.2, -0.15) is 0 Å². The number of amides is 1. The van der Waals surface area contributed by atoms with Crippen molar-refractivity contribution >= 4 is 11.9 Å². The molecule has 3 atom stereocenters. The monoisotopic (exact) mass is 299 g/mol. The van der Waals surface area contributed by atoms with E-state index in [2.05, 4.69) is 5.32 Å². The Bertz CT molecular complexity index is 405. The summed E-state index contributed by atoms with van der Waals surface area (Å²) in [5.41, 5.74) is -1.34. The van der Waals surface area contributed by atoms with Crippen LogP contribution in [-0.4, -0.2) is 48.9 Å². The highest BCUT2D eigenvalue weighted by molar-refractivity contribution is 5.95. The molecule has 0 saturated carbocycles. The van der Waals surface area contributed by atoms with Gasteiger partial charge in [-0.05, 0) is 46.5 Å². The maximum atomic E-state index is 12.5. The van der Waals surface area contributed by atoms with Gasteiger partial charge in [-0.25, -0.2) is 4.79 Å². The van der Waals surface area contributed by atoms with Crippen LogP contribution in [0.15, 0.2) is 0 Å². The van der Waals surface area contributed by atoms with E-state index in [1.165, 1.54) is 0 Å². The van der Waals surface area contributed by atoms with Crippen molar-refractivity contribution in [1.29, 1.82) is 0 Å². The summed E-state index contributed by atoms with van der Waals surface area (Å²) < 4.78 is 15.8. The van der Waals surface area contributed by atoms with Crippen LogP contribution >= 0.6 is 0 Å². The Kier molecular flexibility index (Phi) is 4.58. The smallest absolute Gasteiger partial charge is 0.408 e. The van der Waals surface area contributed by atoms with Gasteiger partial charge in [0.2, 0.25) is 0 Å². The van der Waals surface area contributed by atoms with Gasteiger partial charge in [-0.3, -0.25) is 4.79 Å². The van der Waals surface area contributed by atoms with Crippen molar-refractivity contribution in [2.24, 2.45) is 5.92 Å². The molecule has 3 unspecified atom stereocenters. The average Bonchev–Trinajstić information content (AvgIpc) is 2.88. The molecule has 0 radical (unpaired) electrons. The van der Waals surface area contributed by atoms with Crippen LogP contribution in [0.4, 0.5) is 4.79 Å². The number of ether oxygens (including phenoxy) is 3. The minimum atomic E-state index is -0.751. The van der Waals surface area contributed by atoms with Crippen LogP contribution in [-0.2, 0) is 19.0 Å². The molecule has 6 nitrogen and oxygen atoms in total. The molecule has 2 saturated heterocycles. The molecule has 2 heterocycles. The maximum absolute atomic E-state index is 12.5. The molecule has 0 aromatic heterocycles. The summed E-state index contributed by atoms with van der Waals surface area (Å²) in [7, 11) is 0. The number of ketones is 1. The third kappa shape index (κ3) is 4.68. The van der Waals surface area contributed by atoms with E-state index in [1.54, 1.807) is 27.7 Å². The molecule has 120 valence electrons. The molecular formula is C15H25NO5. The zero-order chi connectivity index (χ0) is 15.7. The molecular weight excluding hydrogens is 274 g/mol. The van der Waals surface area contributed by atoms with E-state index >= 15 is 0 Å². The zero-order valence-corrected chi connectivity index (χ0v) is 13.2. The van der Waals surface area contributed by atoms with Gasteiger partial charge in [0, 0.05) is 13.2 Å². The summed E-state index contributed by atoms with van der Waals surface area (Å²) in [6, 6.07) is -0.584. The van der Waals surface area contributed by atoms with Crippen molar-refractivity contribution in [1.82, 2.24) is 5.32 Å². The fourth-order valence-corrected chi connectivity index (χ4v) is 2.40. The molecule has 0 aromatic carbocycles. The molecule has 21 heavy (non-hydrogen) atoms. The average molecular weight is 299 g/mol. The summed E-state index contributed by atoms with van der Waals surface area (Å²) in [5, 5.41) is 2.70. The number of carbonyl (C=O) groups excluding carboxylic acids is 2. The fraction of sp³-hybridized carbons (Fsp3) is 0.867. The second-order valence-electron chi connectivity index (χ2n) is 7.05. The number of hydrogen-bond donors (Lipinski definition) is 1. The first-order valence-electron chi connectivity index (χ1n) is 7.45. The number of carbonyl (C=O) groups is 2. The molecule has 2 aliphatic rings. The Hall–Kier alpha value is -1.14. The minimum absolute atomic E-state index is 0.0831. The van der Waals surface area contributed by atoms with Gasteiger partial charge in [0.15, 0.2) is 5.78 Å². The summed E-state index contributed by atoms with van der Waals surface area (Å²) in [6.07, 6.45) is 0.915. The van der Waals surface area contributed by atoms with E-state index in [0.717, 1.165) is 6.42 Å². The zero-order valence-electron chi connectivity index (χ0n) is 13.2. The van der Waals surface area contributed by atoms with Gasteiger partial charge in [-0.15, -0.1) is 0 Å². The van der Waals surface area contributed by atoms with Gasteiger partial charge >= 0.3 is 6.09 Å². The summed E-state index contributed by atoms with van der Waals surface area (Å²) in [6.45, 7) is 8.89. The maximum Gasteiger partial charge on any atom is 0.408 e. The lowest BCUT2D eigenvalue weighted by atomic mass is 9.91. The SMILES string of the molecule is CC(C)(C)OC(=O)NC(CC1CCOC1)C(=O)C1(C)CO1. The lowest BCUT2D eigenvalue weighted by Crippen LogP contribution is -2.48. The third-order valence-corrected chi connectivity index (χ3v) is 3.70. The second kappa shape index (κ2) is 5.93. The predicted molar refractivity (Wildman–Crippen MR) is 76.1 cm³/mol. The standard InChI is InChI=1S/C15H25NO5/c1-14(2,3)21-13(18)16-11(7-10-5-6-19-8-10)12(17)15(4)9-20-15/h10-11H,5-9H2,1-4H3,(H,16,18). The number of epoxide rings is 1. The van der Waals surface area contributed by atoms with E-state index in [4.69, 9.17) is 14.2 Å². The Labute approximate surface area is 125 Å². The molecule has 0 spiro atoms. The molecule has 2 rings (SSSR count). The Morgan fingerprint density at radius 3 is 2.57 bits per heavy atom. The molecule has 2 aliphatic heterocycles. The molecule has 0 bridgehead atoms. The molecule has 1 N–H and O–H groups in total. The first-order chi connectivity index (χ1) is 9.70. The topological polar surface area (TPSA) is 77.2 Å². The van der Waals surface area contributed by atoms with Crippen molar-refractivity contribution < 1.29 is 23.8 Å². The van der Waals surface area contributed by atoms with Crippen molar-refractivity contribution in [2.45, 2.75) is 57.8 Å². The van der Waals surface area contributed by atoms with Gasteiger partial charge in [0.25, 0.3) is 0 Å². The van der Waals surface area contributed by atoms with Crippen LogP contribution < -0.4 is 5.32 Å². The van der Waals surface area contributed by atoms with Gasteiger partial charge in [-0.1, -0.05) is 0 Å². The Balaban J connectivity index is 1.97. The van der Waals surface area contributed by atoms with Crippen LogP contribution in [0.25, 0.3) is 0 Å². The number of hydrogen-bond acceptors (Lipinski definition) is 5. The summed E-state index contributed by atoms with van der Waals surface area (Å²) in [5.74, 6) is 0.205. The number of Topliss-reactive ketones (excluding diaryl/α,β-unsaturated/α-hetero) is 1. The lowest BCUT2D eigenvalue weighted by Gasteiger charge is -2.25. The first-order valence-corrected chi connectivity index (χ1v) is 7.45. The van der Waals surface area contributed by atoms with E-state index < -0.39 is 23.3 Å². The molecule has 0 aliphatic carbocycles. The molecule has 1 amide bonds. The quantitative estimate of drug-likeness (QED) is 0.781. The van der Waals surface area contributed by atoms with E-state index in [0.29, 0.717) is 26.2 Å². The van der Waals surface area contributed by atoms with Crippen LogP contribution in [0.1, 0.15) is 40.5 Å². The van der Waals surface area contributed by atoms with E-state index in [1.807, 2.05) is 0 Å². The largest absolute Gasteiger partial charge is 0.444 e.